The van der Waals surface area contributed by atoms with Crippen molar-refractivity contribution in [2.24, 2.45) is 0 Å². The summed E-state index contributed by atoms with van der Waals surface area (Å²) in [5.74, 6) is -0.775. The molecule has 0 spiro atoms. The Hall–Kier alpha value is -3.73. The molecule has 0 aliphatic heterocycles. The van der Waals surface area contributed by atoms with Gasteiger partial charge in [0, 0.05) is 28.9 Å². The summed E-state index contributed by atoms with van der Waals surface area (Å²) in [6.45, 7) is 9.29. The minimum atomic E-state index is -0.320. The van der Waals surface area contributed by atoms with Crippen LogP contribution >= 0.6 is 0 Å². The van der Waals surface area contributed by atoms with E-state index in [9.17, 15) is 14.4 Å². The number of fused-ring (bicyclic) bond motifs is 2. The van der Waals surface area contributed by atoms with E-state index >= 15 is 0 Å². The van der Waals surface area contributed by atoms with Crippen LogP contribution in [0, 0.1) is 0 Å². The molecular formula is C33H38N2O3. The molecule has 198 valence electrons. The topological polar surface area (TPSA) is 75.3 Å². The van der Waals surface area contributed by atoms with Crippen molar-refractivity contribution in [1.29, 1.82) is 0 Å². The van der Waals surface area contributed by atoms with Gasteiger partial charge in [0.2, 0.25) is 0 Å². The Kier molecular flexibility index (Phi) is 8.45. The fourth-order valence-electron chi connectivity index (χ4n) is 4.92. The molecule has 0 bridgehead atoms. The van der Waals surface area contributed by atoms with Gasteiger partial charge in [0.05, 0.1) is 16.8 Å². The maximum Gasteiger partial charge on any atom is 0.255 e. The average molecular weight is 511 g/mol. The summed E-state index contributed by atoms with van der Waals surface area (Å²) >= 11 is 0. The van der Waals surface area contributed by atoms with Crippen LogP contribution in [-0.4, -0.2) is 24.0 Å². The minimum absolute atomic E-state index is 0.0212. The summed E-state index contributed by atoms with van der Waals surface area (Å²) in [7, 11) is 0. The van der Waals surface area contributed by atoms with Crippen molar-refractivity contribution in [2.45, 2.75) is 71.6 Å². The molecule has 4 rings (SSSR count). The molecule has 5 nitrogen and oxygen atoms in total. The summed E-state index contributed by atoms with van der Waals surface area (Å²) in [6.07, 6.45) is 7.01. The van der Waals surface area contributed by atoms with Crippen molar-refractivity contribution < 1.29 is 14.4 Å². The second-order valence-corrected chi connectivity index (χ2v) is 11.1. The minimum Gasteiger partial charge on any atom is -0.384 e. The molecule has 0 atom stereocenters. The zero-order valence-corrected chi connectivity index (χ0v) is 22.9. The first-order chi connectivity index (χ1) is 18.2. The van der Waals surface area contributed by atoms with Gasteiger partial charge in [-0.05, 0) is 41.7 Å². The number of hydrogen-bond donors (Lipinski definition) is 2. The van der Waals surface area contributed by atoms with Gasteiger partial charge in [-0.2, -0.15) is 0 Å². The predicted molar refractivity (Wildman–Crippen MR) is 155 cm³/mol. The zero-order chi connectivity index (χ0) is 27.3. The third-order valence-electron chi connectivity index (χ3n) is 7.18. The monoisotopic (exact) mass is 510 g/mol. The molecule has 0 heterocycles. The van der Waals surface area contributed by atoms with Crippen molar-refractivity contribution in [3.8, 4) is 0 Å². The summed E-state index contributed by atoms with van der Waals surface area (Å²) in [5.41, 5.74) is 3.93. The van der Waals surface area contributed by atoms with E-state index in [4.69, 9.17) is 0 Å². The fraction of sp³-hybridized carbons (Fsp3) is 0.364. The SMILES string of the molecule is CCCCCCCCNc1ccc(NC(=O)c2ccc(C(C)(C)C)cc2)c2c1C(=O)c1ccccc1C2=O. The molecule has 5 heteroatoms. The Labute approximate surface area is 226 Å². The Morgan fingerprint density at radius 3 is 1.87 bits per heavy atom. The van der Waals surface area contributed by atoms with Gasteiger partial charge in [-0.1, -0.05) is 96.2 Å². The lowest BCUT2D eigenvalue weighted by atomic mass is 9.82. The van der Waals surface area contributed by atoms with Crippen LogP contribution in [0.3, 0.4) is 0 Å². The Bertz CT molecular complexity index is 1330. The third-order valence-corrected chi connectivity index (χ3v) is 7.18. The highest BCUT2D eigenvalue weighted by Crippen LogP contribution is 2.37. The Morgan fingerprint density at radius 2 is 1.26 bits per heavy atom. The molecule has 0 unspecified atom stereocenters. The van der Waals surface area contributed by atoms with Crippen LogP contribution in [0.2, 0.25) is 0 Å². The average Bonchev–Trinajstić information content (AvgIpc) is 2.91. The molecule has 3 aromatic rings. The maximum atomic E-state index is 13.6. The van der Waals surface area contributed by atoms with E-state index in [2.05, 4.69) is 38.3 Å². The molecule has 1 amide bonds. The smallest absolute Gasteiger partial charge is 0.255 e. The normalized spacial score (nSPS) is 12.6. The van der Waals surface area contributed by atoms with Crippen molar-refractivity contribution in [2.75, 3.05) is 17.2 Å². The first kappa shape index (κ1) is 27.3. The largest absolute Gasteiger partial charge is 0.384 e. The molecule has 38 heavy (non-hydrogen) atoms. The molecule has 0 fully saturated rings. The van der Waals surface area contributed by atoms with E-state index in [0.29, 0.717) is 40.2 Å². The number of anilines is 2. The van der Waals surface area contributed by atoms with Crippen LogP contribution in [0.25, 0.3) is 0 Å². The third kappa shape index (κ3) is 5.88. The molecule has 1 aliphatic carbocycles. The summed E-state index contributed by atoms with van der Waals surface area (Å²) in [5, 5.41) is 6.30. The summed E-state index contributed by atoms with van der Waals surface area (Å²) < 4.78 is 0. The van der Waals surface area contributed by atoms with Gasteiger partial charge in [0.25, 0.3) is 5.91 Å². The lowest BCUT2D eigenvalue weighted by Crippen LogP contribution is -2.25. The number of rotatable bonds is 10. The molecule has 2 N–H and O–H groups in total. The van der Waals surface area contributed by atoms with Crippen LogP contribution in [0.5, 0.6) is 0 Å². The Morgan fingerprint density at radius 1 is 0.711 bits per heavy atom. The summed E-state index contributed by atoms with van der Waals surface area (Å²) in [4.78, 5) is 40.4. The quantitative estimate of drug-likeness (QED) is 0.214. The number of unbranched alkanes of at least 4 members (excludes halogenated alkanes) is 5. The molecule has 0 radical (unpaired) electrons. The first-order valence-corrected chi connectivity index (χ1v) is 13.7. The molecule has 1 aliphatic rings. The number of carbonyl (C=O) groups is 3. The number of ketones is 2. The van der Waals surface area contributed by atoms with Crippen molar-refractivity contribution in [3.63, 3.8) is 0 Å². The van der Waals surface area contributed by atoms with Gasteiger partial charge < -0.3 is 10.6 Å². The molecule has 3 aromatic carbocycles. The number of nitrogens with one attached hydrogen (secondary N) is 2. The fourth-order valence-corrected chi connectivity index (χ4v) is 4.92. The highest BCUT2D eigenvalue weighted by molar-refractivity contribution is 6.32. The molecule has 0 aromatic heterocycles. The van der Waals surface area contributed by atoms with Crippen LogP contribution < -0.4 is 10.6 Å². The van der Waals surface area contributed by atoms with E-state index < -0.39 is 0 Å². The number of amides is 1. The van der Waals surface area contributed by atoms with E-state index in [1.165, 1.54) is 25.7 Å². The predicted octanol–water partition coefficient (Wildman–Crippen LogP) is 7.78. The number of hydrogen-bond acceptors (Lipinski definition) is 4. The van der Waals surface area contributed by atoms with Gasteiger partial charge >= 0.3 is 0 Å². The van der Waals surface area contributed by atoms with Gasteiger partial charge in [0.1, 0.15) is 0 Å². The zero-order valence-electron chi connectivity index (χ0n) is 22.9. The van der Waals surface area contributed by atoms with E-state index in [0.717, 1.165) is 18.4 Å². The molecular weight excluding hydrogens is 472 g/mol. The van der Waals surface area contributed by atoms with E-state index in [1.54, 1.807) is 48.5 Å². The highest BCUT2D eigenvalue weighted by atomic mass is 16.2. The number of carbonyl (C=O) groups excluding carboxylic acids is 3. The lowest BCUT2D eigenvalue weighted by molar-refractivity contribution is 0.0979. The second kappa shape index (κ2) is 11.8. The lowest BCUT2D eigenvalue weighted by Gasteiger charge is -2.24. The van der Waals surface area contributed by atoms with Crippen molar-refractivity contribution >= 4 is 28.8 Å². The Balaban J connectivity index is 1.61. The van der Waals surface area contributed by atoms with Gasteiger partial charge in [-0.25, -0.2) is 0 Å². The highest BCUT2D eigenvalue weighted by Gasteiger charge is 2.34. The molecule has 0 saturated heterocycles. The van der Waals surface area contributed by atoms with Gasteiger partial charge in [-0.3, -0.25) is 14.4 Å². The summed E-state index contributed by atoms with van der Waals surface area (Å²) in [6, 6.07) is 17.9. The standard InChI is InChI=1S/C33H38N2O3/c1-5-6-7-8-9-12-21-34-26-19-20-27(35-32(38)22-15-17-23(18-16-22)33(2,3)4)29-28(26)30(36)24-13-10-11-14-25(24)31(29)37/h10-11,13-20,34H,5-9,12,21H2,1-4H3,(H,35,38). The van der Waals surface area contributed by atoms with Crippen LogP contribution in [0.1, 0.15) is 114 Å². The van der Waals surface area contributed by atoms with Crippen LogP contribution in [-0.2, 0) is 5.41 Å². The second-order valence-electron chi connectivity index (χ2n) is 11.1. The van der Waals surface area contributed by atoms with E-state index in [-0.39, 0.29) is 28.5 Å². The first-order valence-electron chi connectivity index (χ1n) is 13.7. The number of benzene rings is 3. The molecule has 0 saturated carbocycles. The van der Waals surface area contributed by atoms with Gasteiger partial charge in [0.15, 0.2) is 11.6 Å². The van der Waals surface area contributed by atoms with Crippen LogP contribution in [0.15, 0.2) is 60.7 Å². The van der Waals surface area contributed by atoms with Crippen LogP contribution in [0.4, 0.5) is 11.4 Å². The van der Waals surface area contributed by atoms with E-state index in [1.807, 2.05) is 12.1 Å². The van der Waals surface area contributed by atoms with Crippen molar-refractivity contribution in [3.05, 3.63) is 94.0 Å². The maximum absolute atomic E-state index is 13.6. The van der Waals surface area contributed by atoms with Crippen molar-refractivity contribution in [1.82, 2.24) is 0 Å². The van der Waals surface area contributed by atoms with Gasteiger partial charge in [-0.15, -0.1) is 0 Å².